The van der Waals surface area contributed by atoms with Crippen LogP contribution in [0.2, 0.25) is 0 Å². The number of dihydropyridines is 1. The first-order valence-electron chi connectivity index (χ1n) is 4.07. The Bertz CT molecular complexity index is 221. The fourth-order valence-electron chi connectivity index (χ4n) is 1.17. The number of hydrogen-bond acceptors (Lipinski definition) is 1. The summed E-state index contributed by atoms with van der Waals surface area (Å²) in [5, 5.41) is 3.27. The van der Waals surface area contributed by atoms with E-state index in [2.05, 4.69) is 31.8 Å². The van der Waals surface area contributed by atoms with Crippen LogP contribution in [0.15, 0.2) is 35.7 Å². The van der Waals surface area contributed by atoms with E-state index in [1.807, 2.05) is 6.08 Å². The maximum absolute atomic E-state index is 3.85. The summed E-state index contributed by atoms with van der Waals surface area (Å²) in [5.41, 5.74) is 3.65. The molecule has 60 valence electrons. The van der Waals surface area contributed by atoms with Crippen LogP contribution in [0.1, 0.15) is 26.7 Å². The Hall–Kier alpha value is -0.980. The monoisotopic (exact) mass is 149 g/mol. The Morgan fingerprint density at radius 3 is 2.82 bits per heavy atom. The van der Waals surface area contributed by atoms with E-state index in [0.717, 1.165) is 12.1 Å². The second-order valence-electron chi connectivity index (χ2n) is 2.90. The van der Waals surface area contributed by atoms with Gasteiger partial charge in [0.15, 0.2) is 0 Å². The summed E-state index contributed by atoms with van der Waals surface area (Å²) in [6, 6.07) is 0. The highest BCUT2D eigenvalue weighted by Crippen LogP contribution is 2.15. The Labute approximate surface area is 68.5 Å². The molecular formula is C10H15N. The average molecular weight is 149 g/mol. The van der Waals surface area contributed by atoms with Gasteiger partial charge in [-0.1, -0.05) is 26.0 Å². The van der Waals surface area contributed by atoms with Crippen molar-refractivity contribution in [2.24, 2.45) is 0 Å². The molecule has 0 aromatic heterocycles. The van der Waals surface area contributed by atoms with E-state index in [-0.39, 0.29) is 0 Å². The fourth-order valence-corrected chi connectivity index (χ4v) is 1.17. The van der Waals surface area contributed by atoms with E-state index in [1.165, 1.54) is 17.7 Å². The van der Waals surface area contributed by atoms with E-state index in [0.29, 0.717) is 0 Å². The largest absolute Gasteiger partial charge is 0.359 e. The molecule has 1 rings (SSSR count). The van der Waals surface area contributed by atoms with Gasteiger partial charge in [-0.25, -0.2) is 0 Å². The van der Waals surface area contributed by atoms with E-state index >= 15 is 0 Å². The minimum Gasteiger partial charge on any atom is -0.359 e. The SMILES string of the molecule is C=C1C=CC(C)=C(CCC)N1. The van der Waals surface area contributed by atoms with Crippen LogP contribution in [0.25, 0.3) is 0 Å². The van der Waals surface area contributed by atoms with Crippen LogP contribution in [0.5, 0.6) is 0 Å². The van der Waals surface area contributed by atoms with Crippen LogP contribution >= 0.6 is 0 Å². The van der Waals surface area contributed by atoms with Gasteiger partial charge in [0.05, 0.1) is 0 Å². The van der Waals surface area contributed by atoms with Crippen LogP contribution in [-0.2, 0) is 0 Å². The lowest BCUT2D eigenvalue weighted by atomic mass is 10.1. The molecule has 0 spiro atoms. The molecule has 1 nitrogen and oxygen atoms in total. The summed E-state index contributed by atoms with van der Waals surface area (Å²) in [6.07, 6.45) is 6.42. The first kappa shape index (κ1) is 8.12. The number of hydrogen-bond donors (Lipinski definition) is 1. The van der Waals surface area contributed by atoms with Crippen molar-refractivity contribution in [3.63, 3.8) is 0 Å². The third kappa shape index (κ3) is 1.97. The van der Waals surface area contributed by atoms with Crippen LogP contribution in [0.3, 0.4) is 0 Å². The molecule has 11 heavy (non-hydrogen) atoms. The molecule has 0 saturated carbocycles. The predicted molar refractivity (Wildman–Crippen MR) is 49.0 cm³/mol. The Morgan fingerprint density at radius 1 is 1.45 bits per heavy atom. The molecule has 0 aromatic rings. The van der Waals surface area contributed by atoms with Crippen molar-refractivity contribution >= 4 is 0 Å². The first-order valence-corrected chi connectivity index (χ1v) is 4.07. The molecule has 1 aliphatic rings. The lowest BCUT2D eigenvalue weighted by Crippen LogP contribution is -2.14. The number of rotatable bonds is 2. The van der Waals surface area contributed by atoms with Crippen LogP contribution in [0.4, 0.5) is 0 Å². The standard InChI is InChI=1S/C10H15N/c1-4-5-10-8(2)6-7-9(3)11-10/h6-7,11H,3-5H2,1-2H3. The molecule has 1 heterocycles. The molecule has 0 unspecified atom stereocenters. The fraction of sp³-hybridized carbons (Fsp3) is 0.400. The summed E-state index contributed by atoms with van der Waals surface area (Å²) >= 11 is 0. The molecule has 1 aliphatic heterocycles. The smallest absolute Gasteiger partial charge is 0.0308 e. The van der Waals surface area contributed by atoms with Gasteiger partial charge in [-0.15, -0.1) is 0 Å². The van der Waals surface area contributed by atoms with E-state index in [1.54, 1.807) is 0 Å². The van der Waals surface area contributed by atoms with Gasteiger partial charge in [-0.2, -0.15) is 0 Å². The third-order valence-corrected chi connectivity index (χ3v) is 1.82. The van der Waals surface area contributed by atoms with E-state index < -0.39 is 0 Å². The van der Waals surface area contributed by atoms with Crippen molar-refractivity contribution in [1.29, 1.82) is 0 Å². The molecule has 0 saturated heterocycles. The van der Waals surface area contributed by atoms with Gasteiger partial charge in [0, 0.05) is 11.4 Å². The van der Waals surface area contributed by atoms with E-state index in [4.69, 9.17) is 0 Å². The lowest BCUT2D eigenvalue weighted by Gasteiger charge is -2.16. The maximum atomic E-state index is 3.85. The highest BCUT2D eigenvalue weighted by molar-refractivity contribution is 5.35. The van der Waals surface area contributed by atoms with Gasteiger partial charge in [0.25, 0.3) is 0 Å². The summed E-state index contributed by atoms with van der Waals surface area (Å²) in [6.45, 7) is 8.16. The van der Waals surface area contributed by atoms with Crippen molar-refractivity contribution in [2.45, 2.75) is 26.7 Å². The van der Waals surface area contributed by atoms with Crippen LogP contribution in [0, 0.1) is 0 Å². The summed E-state index contributed by atoms with van der Waals surface area (Å²) in [4.78, 5) is 0. The number of nitrogens with one attached hydrogen (secondary N) is 1. The highest BCUT2D eigenvalue weighted by atomic mass is 14.9. The number of allylic oxidation sites excluding steroid dienone is 4. The molecule has 0 atom stereocenters. The molecule has 1 heteroatoms. The molecule has 0 fully saturated rings. The van der Waals surface area contributed by atoms with Crippen molar-refractivity contribution < 1.29 is 0 Å². The van der Waals surface area contributed by atoms with Gasteiger partial charge in [0.1, 0.15) is 0 Å². The Kier molecular flexibility index (Phi) is 2.53. The second-order valence-corrected chi connectivity index (χ2v) is 2.90. The topological polar surface area (TPSA) is 12.0 Å². The zero-order chi connectivity index (χ0) is 8.27. The van der Waals surface area contributed by atoms with E-state index in [9.17, 15) is 0 Å². The normalized spacial score (nSPS) is 17.1. The Balaban J connectivity index is 2.73. The van der Waals surface area contributed by atoms with Crippen molar-refractivity contribution in [1.82, 2.24) is 5.32 Å². The Morgan fingerprint density at radius 2 is 2.18 bits per heavy atom. The molecule has 0 aliphatic carbocycles. The molecule has 0 bridgehead atoms. The molecule has 0 radical (unpaired) electrons. The van der Waals surface area contributed by atoms with Crippen LogP contribution in [-0.4, -0.2) is 0 Å². The quantitative estimate of drug-likeness (QED) is 0.636. The molecule has 0 aromatic carbocycles. The van der Waals surface area contributed by atoms with Gasteiger partial charge >= 0.3 is 0 Å². The molecular weight excluding hydrogens is 134 g/mol. The van der Waals surface area contributed by atoms with Gasteiger partial charge in [0.2, 0.25) is 0 Å². The van der Waals surface area contributed by atoms with Crippen molar-refractivity contribution in [3.8, 4) is 0 Å². The van der Waals surface area contributed by atoms with Crippen molar-refractivity contribution in [2.75, 3.05) is 0 Å². The van der Waals surface area contributed by atoms with Crippen LogP contribution < -0.4 is 5.32 Å². The van der Waals surface area contributed by atoms with Gasteiger partial charge in [-0.05, 0) is 25.0 Å². The predicted octanol–water partition coefficient (Wildman–Crippen LogP) is 2.73. The van der Waals surface area contributed by atoms with Gasteiger partial charge < -0.3 is 5.32 Å². The minimum atomic E-state index is 0.999. The zero-order valence-corrected chi connectivity index (χ0v) is 7.28. The molecule has 1 N–H and O–H groups in total. The highest BCUT2D eigenvalue weighted by Gasteiger charge is 2.03. The average Bonchev–Trinajstić information content (AvgIpc) is 1.98. The lowest BCUT2D eigenvalue weighted by molar-refractivity contribution is 0.806. The third-order valence-electron chi connectivity index (χ3n) is 1.82. The molecule has 0 amide bonds. The summed E-state index contributed by atoms with van der Waals surface area (Å²) in [7, 11) is 0. The zero-order valence-electron chi connectivity index (χ0n) is 7.28. The maximum Gasteiger partial charge on any atom is 0.0308 e. The van der Waals surface area contributed by atoms with Crippen molar-refractivity contribution in [3.05, 3.63) is 35.7 Å². The van der Waals surface area contributed by atoms with Gasteiger partial charge in [-0.3, -0.25) is 0 Å². The first-order chi connectivity index (χ1) is 5.24. The summed E-state index contributed by atoms with van der Waals surface area (Å²) < 4.78 is 0. The summed E-state index contributed by atoms with van der Waals surface area (Å²) in [5.74, 6) is 0. The minimum absolute atomic E-state index is 0.999. The second kappa shape index (κ2) is 3.42.